The first-order chi connectivity index (χ1) is 15.5. The molecular formula is C25H22ClN3O3. The van der Waals surface area contributed by atoms with Gasteiger partial charge in [-0.1, -0.05) is 18.0 Å². The molecule has 0 spiro atoms. The fraction of sp³-hybridized carbons (Fsp3) is 0.240. The third-order valence-corrected chi connectivity index (χ3v) is 6.15. The van der Waals surface area contributed by atoms with Gasteiger partial charge in [0.05, 0.1) is 5.69 Å². The summed E-state index contributed by atoms with van der Waals surface area (Å²) in [5.74, 6) is 0.508. The molecule has 1 amide bonds. The van der Waals surface area contributed by atoms with Crippen LogP contribution in [-0.4, -0.2) is 15.5 Å². The van der Waals surface area contributed by atoms with Gasteiger partial charge in [0.15, 0.2) is 0 Å². The largest absolute Gasteiger partial charge is 0.423 e. The SMILES string of the molecule is Cc1cc(=O)oc2cc(NC(=O)c3nc(-c4ccc(Cl)cc4)n4c3CCCCC4)ccc12. The number of aromatic nitrogens is 2. The highest BCUT2D eigenvalue weighted by Crippen LogP contribution is 2.29. The fourth-order valence-corrected chi connectivity index (χ4v) is 4.44. The Bertz CT molecular complexity index is 1390. The van der Waals surface area contributed by atoms with Gasteiger partial charge in [-0.15, -0.1) is 0 Å². The van der Waals surface area contributed by atoms with Gasteiger partial charge in [-0.3, -0.25) is 4.79 Å². The monoisotopic (exact) mass is 447 g/mol. The van der Waals surface area contributed by atoms with E-state index in [-0.39, 0.29) is 5.91 Å². The summed E-state index contributed by atoms with van der Waals surface area (Å²) in [6.45, 7) is 2.68. The minimum atomic E-state index is -0.412. The van der Waals surface area contributed by atoms with Gasteiger partial charge in [-0.05, 0) is 68.1 Å². The van der Waals surface area contributed by atoms with E-state index < -0.39 is 5.63 Å². The average molecular weight is 448 g/mol. The van der Waals surface area contributed by atoms with Crippen LogP contribution < -0.4 is 10.9 Å². The number of nitrogens with one attached hydrogen (secondary N) is 1. The number of aryl methyl sites for hydroxylation is 1. The lowest BCUT2D eigenvalue weighted by Gasteiger charge is -2.09. The molecule has 0 saturated carbocycles. The van der Waals surface area contributed by atoms with Crippen LogP contribution in [-0.2, 0) is 13.0 Å². The number of hydrogen-bond acceptors (Lipinski definition) is 4. The lowest BCUT2D eigenvalue weighted by atomic mass is 10.1. The van der Waals surface area contributed by atoms with Crippen LogP contribution in [0.15, 0.2) is 57.7 Å². The number of halogens is 1. The van der Waals surface area contributed by atoms with Gasteiger partial charge in [-0.2, -0.15) is 0 Å². The second-order valence-electron chi connectivity index (χ2n) is 8.11. The van der Waals surface area contributed by atoms with E-state index in [2.05, 4.69) is 9.88 Å². The minimum absolute atomic E-state index is 0.273. The van der Waals surface area contributed by atoms with Crippen molar-refractivity contribution in [2.24, 2.45) is 0 Å². The smallest absolute Gasteiger partial charge is 0.336 e. The van der Waals surface area contributed by atoms with Crippen LogP contribution in [0.4, 0.5) is 5.69 Å². The maximum absolute atomic E-state index is 13.3. The first kappa shape index (κ1) is 20.5. The maximum Gasteiger partial charge on any atom is 0.336 e. The Kier molecular flexibility index (Phi) is 5.31. The predicted octanol–water partition coefficient (Wildman–Crippen LogP) is 5.60. The molecule has 1 aliphatic heterocycles. The van der Waals surface area contributed by atoms with E-state index in [1.54, 1.807) is 6.07 Å². The number of benzene rings is 2. The van der Waals surface area contributed by atoms with E-state index in [4.69, 9.17) is 21.0 Å². The van der Waals surface area contributed by atoms with Crippen LogP contribution in [0.1, 0.15) is 41.0 Å². The molecule has 0 unspecified atom stereocenters. The molecule has 1 aliphatic rings. The van der Waals surface area contributed by atoms with Crippen molar-refractivity contribution in [2.45, 2.75) is 39.2 Å². The molecule has 0 saturated heterocycles. The molecule has 0 fully saturated rings. The first-order valence-corrected chi connectivity index (χ1v) is 11.1. The molecule has 1 N–H and O–H groups in total. The third-order valence-electron chi connectivity index (χ3n) is 5.89. The molecule has 0 radical (unpaired) electrons. The summed E-state index contributed by atoms with van der Waals surface area (Å²) in [4.78, 5) is 29.8. The van der Waals surface area contributed by atoms with Crippen molar-refractivity contribution in [3.05, 3.63) is 80.9 Å². The zero-order valence-corrected chi connectivity index (χ0v) is 18.4. The van der Waals surface area contributed by atoms with Crippen molar-refractivity contribution in [3.8, 4) is 11.4 Å². The quantitative estimate of drug-likeness (QED) is 0.415. The lowest BCUT2D eigenvalue weighted by molar-refractivity contribution is 0.102. The van der Waals surface area contributed by atoms with Crippen molar-refractivity contribution >= 4 is 34.2 Å². The van der Waals surface area contributed by atoms with Gasteiger partial charge in [0.25, 0.3) is 5.91 Å². The third kappa shape index (κ3) is 3.82. The molecule has 3 heterocycles. The molecule has 0 bridgehead atoms. The summed E-state index contributed by atoms with van der Waals surface area (Å²) in [6, 6.07) is 14.3. The summed E-state index contributed by atoms with van der Waals surface area (Å²) < 4.78 is 7.47. The van der Waals surface area contributed by atoms with Gasteiger partial charge in [0.1, 0.15) is 17.1 Å². The number of amides is 1. The van der Waals surface area contributed by atoms with Crippen molar-refractivity contribution in [1.29, 1.82) is 0 Å². The highest BCUT2D eigenvalue weighted by atomic mass is 35.5. The van der Waals surface area contributed by atoms with E-state index in [0.717, 1.165) is 60.3 Å². The average Bonchev–Trinajstić information content (AvgIpc) is 2.95. The van der Waals surface area contributed by atoms with Gasteiger partial charge in [0, 0.05) is 40.3 Å². The summed E-state index contributed by atoms with van der Waals surface area (Å²) in [7, 11) is 0. The van der Waals surface area contributed by atoms with Crippen LogP contribution in [0.5, 0.6) is 0 Å². The Morgan fingerprint density at radius 2 is 1.91 bits per heavy atom. The fourth-order valence-electron chi connectivity index (χ4n) is 4.31. The Balaban J connectivity index is 1.53. The highest BCUT2D eigenvalue weighted by molar-refractivity contribution is 6.30. The van der Waals surface area contributed by atoms with E-state index in [1.807, 2.05) is 43.3 Å². The molecule has 6 nitrogen and oxygen atoms in total. The number of rotatable bonds is 3. The second-order valence-corrected chi connectivity index (χ2v) is 8.55. The molecule has 0 aliphatic carbocycles. The lowest BCUT2D eigenvalue weighted by Crippen LogP contribution is -2.15. The predicted molar refractivity (Wildman–Crippen MR) is 125 cm³/mol. The van der Waals surface area contributed by atoms with Crippen molar-refractivity contribution in [2.75, 3.05) is 5.32 Å². The van der Waals surface area contributed by atoms with Crippen LogP contribution in [0.2, 0.25) is 5.02 Å². The Morgan fingerprint density at radius 3 is 2.72 bits per heavy atom. The molecule has 7 heteroatoms. The number of fused-ring (bicyclic) bond motifs is 2. The standard InChI is InChI=1S/C25H22ClN3O3/c1-15-13-22(30)32-21-14-18(10-11-19(15)21)27-25(31)23-20-5-3-2-4-12-29(20)24(28-23)16-6-8-17(26)9-7-16/h6-11,13-14H,2-5,12H2,1H3,(H,27,31). The Morgan fingerprint density at radius 1 is 1.09 bits per heavy atom. The molecule has 2 aromatic heterocycles. The molecule has 2 aromatic carbocycles. The van der Waals surface area contributed by atoms with E-state index in [0.29, 0.717) is 22.0 Å². The number of hydrogen-bond donors (Lipinski definition) is 1. The normalized spacial score (nSPS) is 13.6. The number of carbonyl (C=O) groups is 1. The van der Waals surface area contributed by atoms with E-state index >= 15 is 0 Å². The van der Waals surface area contributed by atoms with Crippen molar-refractivity contribution in [1.82, 2.24) is 9.55 Å². The van der Waals surface area contributed by atoms with Gasteiger partial charge < -0.3 is 14.3 Å². The summed E-state index contributed by atoms with van der Waals surface area (Å²) in [5, 5.41) is 4.43. The molecule has 0 atom stereocenters. The summed E-state index contributed by atoms with van der Waals surface area (Å²) in [5.41, 5.74) is 3.74. The zero-order chi connectivity index (χ0) is 22.2. The van der Waals surface area contributed by atoms with E-state index in [9.17, 15) is 9.59 Å². The number of carbonyl (C=O) groups excluding carboxylic acids is 1. The topological polar surface area (TPSA) is 77.1 Å². The van der Waals surface area contributed by atoms with Crippen LogP contribution in [0.3, 0.4) is 0 Å². The van der Waals surface area contributed by atoms with Crippen molar-refractivity contribution in [3.63, 3.8) is 0 Å². The molecule has 162 valence electrons. The number of anilines is 1. The maximum atomic E-state index is 13.3. The van der Waals surface area contributed by atoms with E-state index in [1.165, 1.54) is 6.07 Å². The molecule has 32 heavy (non-hydrogen) atoms. The van der Waals surface area contributed by atoms with Gasteiger partial charge in [-0.25, -0.2) is 9.78 Å². The molecule has 4 aromatic rings. The van der Waals surface area contributed by atoms with Crippen LogP contribution >= 0.6 is 11.6 Å². The zero-order valence-electron chi connectivity index (χ0n) is 17.7. The minimum Gasteiger partial charge on any atom is -0.423 e. The Hall–Kier alpha value is -3.38. The second kappa shape index (κ2) is 8.28. The molecular weight excluding hydrogens is 426 g/mol. The van der Waals surface area contributed by atoms with Crippen LogP contribution in [0, 0.1) is 6.92 Å². The van der Waals surface area contributed by atoms with Gasteiger partial charge >= 0.3 is 5.63 Å². The van der Waals surface area contributed by atoms with Crippen LogP contribution in [0.25, 0.3) is 22.4 Å². The first-order valence-electron chi connectivity index (χ1n) is 10.7. The van der Waals surface area contributed by atoms with Gasteiger partial charge in [0.2, 0.25) is 0 Å². The Labute approximate surface area is 189 Å². The highest BCUT2D eigenvalue weighted by Gasteiger charge is 2.24. The van der Waals surface area contributed by atoms with Crippen molar-refractivity contribution < 1.29 is 9.21 Å². The molecule has 5 rings (SSSR count). The number of nitrogens with zero attached hydrogens (tertiary/aromatic N) is 2. The summed E-state index contributed by atoms with van der Waals surface area (Å²) >= 11 is 6.06. The number of imidazole rings is 1. The summed E-state index contributed by atoms with van der Waals surface area (Å²) in [6.07, 6.45) is 3.99.